The molecule has 1 unspecified atom stereocenters. The summed E-state index contributed by atoms with van der Waals surface area (Å²) in [5, 5.41) is 11.7. The fourth-order valence-corrected chi connectivity index (χ4v) is 2.40. The molecule has 0 aliphatic heterocycles. The molecule has 1 aromatic carbocycles. The molecular weight excluding hydrogens is 310 g/mol. The Morgan fingerprint density at radius 2 is 2.08 bits per heavy atom. The number of carbonyl (C=O) groups excluding carboxylic acids is 2. The first-order valence-corrected chi connectivity index (χ1v) is 8.21. The SMILES string of the molecule is CC(=O)c1cccc(OCCCC(=O)NC(CC2CC2)C(=O)O)c1. The molecule has 130 valence electrons. The Morgan fingerprint density at radius 1 is 1.33 bits per heavy atom. The van der Waals surface area contributed by atoms with Crippen molar-refractivity contribution in [2.45, 2.75) is 45.1 Å². The number of hydrogen-bond donors (Lipinski definition) is 2. The van der Waals surface area contributed by atoms with Gasteiger partial charge in [0.25, 0.3) is 0 Å². The molecular formula is C18H23NO5. The van der Waals surface area contributed by atoms with Crippen molar-refractivity contribution in [1.82, 2.24) is 5.32 Å². The number of amides is 1. The summed E-state index contributed by atoms with van der Waals surface area (Å²) < 4.78 is 5.53. The van der Waals surface area contributed by atoms with E-state index in [4.69, 9.17) is 9.84 Å². The van der Waals surface area contributed by atoms with E-state index in [9.17, 15) is 14.4 Å². The van der Waals surface area contributed by atoms with Gasteiger partial charge in [-0.15, -0.1) is 0 Å². The highest BCUT2D eigenvalue weighted by atomic mass is 16.5. The molecule has 24 heavy (non-hydrogen) atoms. The van der Waals surface area contributed by atoms with Crippen LogP contribution in [-0.4, -0.2) is 35.4 Å². The number of hydrogen-bond acceptors (Lipinski definition) is 4. The van der Waals surface area contributed by atoms with Crippen LogP contribution in [0.25, 0.3) is 0 Å². The van der Waals surface area contributed by atoms with Crippen molar-refractivity contribution < 1.29 is 24.2 Å². The number of carboxylic acids is 1. The van der Waals surface area contributed by atoms with Crippen LogP contribution < -0.4 is 10.1 Å². The molecule has 1 aromatic rings. The molecule has 2 rings (SSSR count). The highest BCUT2D eigenvalue weighted by Gasteiger charge is 2.29. The van der Waals surface area contributed by atoms with Gasteiger partial charge in [0.05, 0.1) is 6.61 Å². The molecule has 0 radical (unpaired) electrons. The number of carbonyl (C=O) groups is 3. The van der Waals surface area contributed by atoms with Crippen LogP contribution in [0.2, 0.25) is 0 Å². The maximum atomic E-state index is 11.8. The second-order valence-electron chi connectivity index (χ2n) is 6.17. The normalized spacial score (nSPS) is 14.7. The average Bonchev–Trinajstić information content (AvgIpc) is 3.35. The first-order valence-electron chi connectivity index (χ1n) is 8.21. The Balaban J connectivity index is 1.69. The van der Waals surface area contributed by atoms with E-state index in [2.05, 4.69) is 5.32 Å². The van der Waals surface area contributed by atoms with Crippen LogP contribution in [0.4, 0.5) is 0 Å². The summed E-state index contributed by atoms with van der Waals surface area (Å²) in [6.07, 6.45) is 3.29. The number of Topliss-reactive ketones (excluding diaryl/α,β-unsaturated/α-hetero) is 1. The zero-order valence-electron chi connectivity index (χ0n) is 13.8. The number of rotatable bonds is 10. The lowest BCUT2D eigenvalue weighted by molar-refractivity contribution is -0.142. The summed E-state index contributed by atoms with van der Waals surface area (Å²) in [6.45, 7) is 1.82. The van der Waals surface area contributed by atoms with Crippen LogP contribution in [0.3, 0.4) is 0 Å². The van der Waals surface area contributed by atoms with Crippen LogP contribution in [0.15, 0.2) is 24.3 Å². The summed E-state index contributed by atoms with van der Waals surface area (Å²) in [7, 11) is 0. The molecule has 1 aliphatic rings. The summed E-state index contributed by atoms with van der Waals surface area (Å²) in [5.41, 5.74) is 0.578. The van der Waals surface area contributed by atoms with E-state index in [0.717, 1.165) is 12.8 Å². The third-order valence-corrected chi connectivity index (χ3v) is 3.96. The molecule has 1 amide bonds. The number of ketones is 1. The Hall–Kier alpha value is -2.37. The van der Waals surface area contributed by atoms with Gasteiger partial charge in [-0.05, 0) is 37.8 Å². The molecule has 1 aliphatic carbocycles. The molecule has 6 nitrogen and oxygen atoms in total. The highest BCUT2D eigenvalue weighted by Crippen LogP contribution is 2.33. The van der Waals surface area contributed by atoms with Crippen molar-refractivity contribution in [1.29, 1.82) is 0 Å². The maximum absolute atomic E-state index is 11.8. The van der Waals surface area contributed by atoms with Crippen molar-refractivity contribution >= 4 is 17.7 Å². The zero-order chi connectivity index (χ0) is 17.5. The van der Waals surface area contributed by atoms with Crippen LogP contribution >= 0.6 is 0 Å². The lowest BCUT2D eigenvalue weighted by Gasteiger charge is -2.14. The largest absolute Gasteiger partial charge is 0.494 e. The van der Waals surface area contributed by atoms with Gasteiger partial charge in [0, 0.05) is 12.0 Å². The van der Waals surface area contributed by atoms with Gasteiger partial charge in [0.15, 0.2) is 5.78 Å². The fraction of sp³-hybridized carbons (Fsp3) is 0.500. The van der Waals surface area contributed by atoms with Gasteiger partial charge >= 0.3 is 5.97 Å². The number of aliphatic carboxylic acids is 1. The highest BCUT2D eigenvalue weighted by molar-refractivity contribution is 5.94. The van der Waals surface area contributed by atoms with Gasteiger partial charge in [0.1, 0.15) is 11.8 Å². The topological polar surface area (TPSA) is 92.7 Å². The Morgan fingerprint density at radius 3 is 2.71 bits per heavy atom. The van der Waals surface area contributed by atoms with E-state index >= 15 is 0 Å². The standard InChI is InChI=1S/C18H23NO5/c1-12(20)14-4-2-5-15(11-14)24-9-3-6-17(21)19-16(18(22)23)10-13-7-8-13/h2,4-5,11,13,16H,3,6-10H2,1H3,(H,19,21)(H,22,23). The van der Waals surface area contributed by atoms with E-state index in [1.54, 1.807) is 24.3 Å². The molecule has 0 spiro atoms. The van der Waals surface area contributed by atoms with E-state index in [0.29, 0.717) is 36.7 Å². The Labute approximate surface area is 141 Å². The predicted octanol–water partition coefficient (Wildman–Crippen LogP) is 2.42. The predicted molar refractivity (Wildman–Crippen MR) is 88.1 cm³/mol. The quantitative estimate of drug-likeness (QED) is 0.507. The minimum absolute atomic E-state index is 0.0322. The van der Waals surface area contributed by atoms with Crippen molar-refractivity contribution in [3.63, 3.8) is 0 Å². The van der Waals surface area contributed by atoms with Gasteiger partial charge in [-0.2, -0.15) is 0 Å². The monoisotopic (exact) mass is 333 g/mol. The van der Waals surface area contributed by atoms with Gasteiger partial charge in [-0.25, -0.2) is 4.79 Å². The number of ether oxygens (including phenoxy) is 1. The third kappa shape index (κ3) is 6.02. The molecule has 2 N–H and O–H groups in total. The summed E-state index contributed by atoms with van der Waals surface area (Å²) >= 11 is 0. The van der Waals surface area contributed by atoms with E-state index in [1.807, 2.05) is 0 Å². The average molecular weight is 333 g/mol. The first-order chi connectivity index (χ1) is 11.5. The molecule has 1 atom stereocenters. The van der Waals surface area contributed by atoms with Gasteiger partial charge in [0.2, 0.25) is 5.91 Å². The lowest BCUT2D eigenvalue weighted by atomic mass is 10.1. The molecule has 0 aromatic heterocycles. The van der Waals surface area contributed by atoms with Gasteiger partial charge in [-0.1, -0.05) is 25.0 Å². The first kappa shape index (κ1) is 18.0. The summed E-state index contributed by atoms with van der Waals surface area (Å²) in [5.74, 6) is -0.268. The number of carboxylic acid groups (broad SMARTS) is 1. The van der Waals surface area contributed by atoms with Crippen LogP contribution in [0, 0.1) is 5.92 Å². The van der Waals surface area contributed by atoms with Crippen LogP contribution in [-0.2, 0) is 9.59 Å². The number of nitrogens with one attached hydrogen (secondary N) is 1. The maximum Gasteiger partial charge on any atom is 0.326 e. The third-order valence-electron chi connectivity index (χ3n) is 3.96. The second kappa shape index (κ2) is 8.47. The van der Waals surface area contributed by atoms with Crippen molar-refractivity contribution in [2.24, 2.45) is 5.92 Å². The molecule has 0 saturated heterocycles. The van der Waals surface area contributed by atoms with E-state index in [-0.39, 0.29) is 18.1 Å². The summed E-state index contributed by atoms with van der Waals surface area (Å²) in [6, 6.07) is 6.09. The van der Waals surface area contributed by atoms with Crippen LogP contribution in [0.5, 0.6) is 5.75 Å². The van der Waals surface area contributed by atoms with Gasteiger partial charge in [-0.3, -0.25) is 9.59 Å². The minimum atomic E-state index is -0.979. The van der Waals surface area contributed by atoms with Crippen molar-refractivity contribution in [2.75, 3.05) is 6.61 Å². The van der Waals surface area contributed by atoms with Crippen LogP contribution in [0.1, 0.15) is 49.4 Å². The molecule has 0 heterocycles. The minimum Gasteiger partial charge on any atom is -0.494 e. The second-order valence-corrected chi connectivity index (χ2v) is 6.17. The zero-order valence-corrected chi connectivity index (χ0v) is 13.8. The van der Waals surface area contributed by atoms with Gasteiger partial charge < -0.3 is 15.2 Å². The lowest BCUT2D eigenvalue weighted by Crippen LogP contribution is -2.41. The fourth-order valence-electron chi connectivity index (χ4n) is 2.40. The Bertz CT molecular complexity index is 609. The number of benzene rings is 1. The smallest absolute Gasteiger partial charge is 0.326 e. The molecule has 1 fully saturated rings. The van der Waals surface area contributed by atoms with E-state index in [1.165, 1.54) is 6.92 Å². The molecule has 6 heteroatoms. The van der Waals surface area contributed by atoms with E-state index < -0.39 is 12.0 Å². The van der Waals surface area contributed by atoms with Crippen molar-refractivity contribution in [3.05, 3.63) is 29.8 Å². The summed E-state index contributed by atoms with van der Waals surface area (Å²) in [4.78, 5) is 34.3. The Kier molecular flexibility index (Phi) is 6.35. The molecule has 0 bridgehead atoms. The molecule has 1 saturated carbocycles. The van der Waals surface area contributed by atoms with Crippen molar-refractivity contribution in [3.8, 4) is 5.75 Å².